The van der Waals surface area contributed by atoms with Crippen LogP contribution in [0.25, 0.3) is 0 Å². The van der Waals surface area contributed by atoms with Crippen LogP contribution in [-0.4, -0.2) is 25.0 Å². The summed E-state index contributed by atoms with van der Waals surface area (Å²) in [5, 5.41) is 31.2. The Hall–Kier alpha value is 0.354. The van der Waals surface area contributed by atoms with Gasteiger partial charge in [0.15, 0.2) is 0 Å². The van der Waals surface area contributed by atoms with Gasteiger partial charge in [-0.15, -0.1) is 0 Å². The summed E-state index contributed by atoms with van der Waals surface area (Å²) in [4.78, 5) is 0. The fourth-order valence-corrected chi connectivity index (χ4v) is 3.69. The summed E-state index contributed by atoms with van der Waals surface area (Å²) in [6.07, 6.45) is 11.0. The molecule has 4 N–H and O–H groups in total. The maximum atomic E-state index is 10.4. The molecule has 0 rings (SSSR count). The van der Waals surface area contributed by atoms with Gasteiger partial charge < -0.3 is 15.3 Å². The molecule has 181 valence electrons. The van der Waals surface area contributed by atoms with E-state index in [9.17, 15) is 15.3 Å². The van der Waals surface area contributed by atoms with E-state index < -0.39 is 43.7 Å². The molecule has 0 saturated carbocycles. The molecule has 0 saturated heterocycles. The van der Waals surface area contributed by atoms with Crippen molar-refractivity contribution in [3.63, 3.8) is 0 Å². The first-order valence-corrected chi connectivity index (χ1v) is 13.5. The van der Waals surface area contributed by atoms with Gasteiger partial charge in [0.25, 0.3) is 5.97 Å². The van der Waals surface area contributed by atoms with Crippen molar-refractivity contribution in [3.8, 4) is 0 Å². The van der Waals surface area contributed by atoms with Crippen LogP contribution in [0.3, 0.4) is 0 Å². The Kier molecular flexibility index (Phi) is 20.0. The van der Waals surface area contributed by atoms with Crippen LogP contribution in [-0.2, 0) is 22.8 Å². The first-order chi connectivity index (χ1) is 15.5. The molecule has 0 aromatic carbocycles. The molecular weight excluding hydrogens is 416 g/mol. The van der Waals surface area contributed by atoms with E-state index in [0.29, 0.717) is 25.7 Å². The molecule has 0 heterocycles. The molecule has 5 nitrogen and oxygen atoms in total. The summed E-state index contributed by atoms with van der Waals surface area (Å²) in [6.45, 7) is 6.31. The van der Waals surface area contributed by atoms with Crippen LogP contribution in [0, 0.1) is 5.41 Å². The topological polar surface area (TPSA) is 98.0 Å². The molecule has 30 heavy (non-hydrogen) atoms. The summed E-state index contributed by atoms with van der Waals surface area (Å²) in [6, 6.07) is 0. The van der Waals surface area contributed by atoms with Crippen molar-refractivity contribution in [2.45, 2.75) is 149 Å². The standard InChI is InChI=1S/C24H50O3.H2O.O.Ti/c1-4-7-10-13-15-18-21-23(24(25,26)27,20-17-12-9-6-3)22-19-16-14-11-8-5-2;;;/h25-27H,4-22H2,1-3H3;1H2;;/q;;;+1/p-1/i17T,20T2;;;. The van der Waals surface area contributed by atoms with E-state index in [1.165, 1.54) is 12.8 Å². The molecule has 0 spiro atoms. The van der Waals surface area contributed by atoms with Gasteiger partial charge in [-0.25, -0.2) is 0 Å². The van der Waals surface area contributed by atoms with Crippen molar-refractivity contribution in [2.24, 2.45) is 5.41 Å². The van der Waals surface area contributed by atoms with Crippen LogP contribution < -0.4 is 0 Å². The number of unbranched alkanes of at least 4 members (excludes halogenated alkanes) is 11. The van der Waals surface area contributed by atoms with Crippen LogP contribution >= 0.6 is 0 Å². The number of hydrogen-bond donors (Lipinski definition) is 4. The zero-order chi connectivity index (χ0) is 25.8. The van der Waals surface area contributed by atoms with E-state index in [4.69, 9.17) is 11.1 Å². The van der Waals surface area contributed by atoms with Crippen LogP contribution in [0.2, 0.25) is 0 Å². The van der Waals surface area contributed by atoms with Gasteiger partial charge in [0.1, 0.15) is 0 Å². The minimum atomic E-state index is -3.13. The number of rotatable bonds is 20. The predicted molar refractivity (Wildman–Crippen MR) is 119 cm³/mol. The molecule has 0 radical (unpaired) electrons. The third-order valence-electron chi connectivity index (χ3n) is 5.64. The first kappa shape index (κ1) is 26.6. The van der Waals surface area contributed by atoms with Crippen molar-refractivity contribution < 1.29 is 46.0 Å². The molecule has 0 aliphatic rings. The predicted octanol–water partition coefficient (Wildman–Crippen LogP) is 6.40. The molecule has 0 aliphatic heterocycles. The second kappa shape index (κ2) is 22.5. The first-order valence-electron chi connectivity index (χ1n) is 13.7. The number of hydrogen-bond acceptors (Lipinski definition) is 4. The van der Waals surface area contributed by atoms with Gasteiger partial charge >= 0.3 is 26.5 Å². The summed E-state index contributed by atoms with van der Waals surface area (Å²) >= 11 is -1.75. The molecule has 0 aromatic heterocycles. The second-order valence-electron chi connectivity index (χ2n) is 8.34. The van der Waals surface area contributed by atoms with Gasteiger partial charge in [0.2, 0.25) is 0 Å². The Labute approximate surface area is 200 Å². The molecular formula is C24H51O5Ti. The monoisotopic (exact) mass is 473 g/mol. The molecule has 0 amide bonds. The van der Waals surface area contributed by atoms with Crippen molar-refractivity contribution >= 4 is 0 Å². The van der Waals surface area contributed by atoms with Crippen molar-refractivity contribution in [1.29, 1.82) is 0 Å². The Morgan fingerprint density at radius 3 is 1.37 bits per heavy atom. The minimum absolute atomic E-state index is 0.187. The third-order valence-corrected chi connectivity index (χ3v) is 5.64. The van der Waals surface area contributed by atoms with E-state index in [2.05, 4.69) is 13.8 Å². The molecule has 0 aromatic rings. The summed E-state index contributed by atoms with van der Waals surface area (Å²) in [7, 11) is 0. The van der Waals surface area contributed by atoms with E-state index in [1.54, 1.807) is 0 Å². The van der Waals surface area contributed by atoms with Gasteiger partial charge in [-0.05, 0) is 19.2 Å². The fourth-order valence-electron chi connectivity index (χ4n) is 3.69. The molecule has 0 aliphatic carbocycles. The Morgan fingerprint density at radius 2 is 1.00 bits per heavy atom. The van der Waals surface area contributed by atoms with Crippen LogP contribution in [0.5, 0.6) is 0 Å². The summed E-state index contributed by atoms with van der Waals surface area (Å²) < 4.78 is 41.7. The Bertz CT molecular complexity index is 446. The van der Waals surface area contributed by atoms with E-state index in [1.807, 2.05) is 6.92 Å². The van der Waals surface area contributed by atoms with Gasteiger partial charge in [0, 0.05) is 4.11 Å². The van der Waals surface area contributed by atoms with Gasteiger partial charge in [-0.3, -0.25) is 0 Å². The van der Waals surface area contributed by atoms with Crippen molar-refractivity contribution in [2.75, 3.05) is 0 Å². The fraction of sp³-hybridized carbons (Fsp3) is 1.00. The van der Waals surface area contributed by atoms with Crippen LogP contribution in [0.1, 0.15) is 147 Å². The van der Waals surface area contributed by atoms with E-state index >= 15 is 0 Å². The number of aliphatic hydroxyl groups is 3. The van der Waals surface area contributed by atoms with Crippen LogP contribution in [0.4, 0.5) is 0 Å². The zero-order valence-corrected chi connectivity index (χ0v) is 21.4. The Balaban J connectivity index is 0. The average Bonchev–Trinajstić information content (AvgIpc) is 2.74. The van der Waals surface area contributed by atoms with Gasteiger partial charge in [-0.1, -0.05) is 123 Å². The zero-order valence-electron chi connectivity index (χ0n) is 22.8. The second-order valence-corrected chi connectivity index (χ2v) is 8.62. The molecule has 6 heteroatoms. The van der Waals surface area contributed by atoms with E-state index in [-0.39, 0.29) is 12.8 Å². The van der Waals surface area contributed by atoms with Crippen LogP contribution in [0.15, 0.2) is 0 Å². The molecule has 1 atom stereocenters. The molecule has 0 fully saturated rings. The van der Waals surface area contributed by atoms with E-state index in [0.717, 1.165) is 57.8 Å². The quantitative estimate of drug-likeness (QED) is 0.0932. The van der Waals surface area contributed by atoms with Gasteiger partial charge in [0.05, 0.1) is 5.41 Å². The summed E-state index contributed by atoms with van der Waals surface area (Å²) in [5.74, 6) is -3.13. The van der Waals surface area contributed by atoms with Gasteiger partial charge in [-0.2, -0.15) is 0 Å². The van der Waals surface area contributed by atoms with Crippen molar-refractivity contribution in [3.05, 3.63) is 0 Å². The third kappa shape index (κ3) is 18.0. The normalized spacial score (nSPS) is 14.7. The maximum absolute atomic E-state index is 10.4. The average molecular weight is 474 g/mol. The van der Waals surface area contributed by atoms with Crippen molar-refractivity contribution in [1.82, 2.24) is 0 Å². The Morgan fingerprint density at radius 1 is 0.667 bits per heavy atom. The molecule has 1 unspecified atom stereocenters. The SMILES string of the molecule is [3H]C(CCCC)C([3H])([3H])C(CCCCCCCC)(CCCCCCCC)C(O)(O)O.[O]=[Ti][OH]. The molecule has 0 bridgehead atoms. The summed E-state index contributed by atoms with van der Waals surface area (Å²) in [5.41, 5.74) is -1.74.